The van der Waals surface area contributed by atoms with Crippen LogP contribution >= 0.6 is 0 Å². The normalized spacial score (nSPS) is 16.4. The summed E-state index contributed by atoms with van der Waals surface area (Å²) in [6.45, 7) is 2.77. The van der Waals surface area contributed by atoms with Gasteiger partial charge in [0, 0.05) is 60.8 Å². The summed E-state index contributed by atoms with van der Waals surface area (Å²) in [5.74, 6) is 0.465. The average Bonchev–Trinajstić information content (AvgIpc) is 3.54. The van der Waals surface area contributed by atoms with E-state index in [9.17, 15) is 5.26 Å². The Morgan fingerprint density at radius 2 is 1.92 bits per heavy atom. The Labute approximate surface area is 209 Å². The minimum Gasteiger partial charge on any atom is -0.464 e. The van der Waals surface area contributed by atoms with Crippen molar-refractivity contribution < 1.29 is 4.74 Å². The van der Waals surface area contributed by atoms with E-state index in [4.69, 9.17) is 19.7 Å². The van der Waals surface area contributed by atoms with Gasteiger partial charge in [0.1, 0.15) is 5.65 Å². The Morgan fingerprint density at radius 3 is 2.72 bits per heavy atom. The largest absolute Gasteiger partial charge is 0.464 e. The van der Waals surface area contributed by atoms with Crippen LogP contribution in [0.4, 0.5) is 0 Å². The summed E-state index contributed by atoms with van der Waals surface area (Å²) >= 11 is 0. The van der Waals surface area contributed by atoms with Crippen LogP contribution in [-0.4, -0.2) is 55.6 Å². The van der Waals surface area contributed by atoms with Crippen molar-refractivity contribution in [3.8, 4) is 34.5 Å². The SMILES string of the molecule is CN1CCC[C@@H](COc2nc(-c3ccc(C#N)cc3)c(-c3cnc4c(ccn4C)c3)c3nccn23)C1. The summed E-state index contributed by atoms with van der Waals surface area (Å²) in [5.41, 5.74) is 5.74. The van der Waals surface area contributed by atoms with Gasteiger partial charge in [0.25, 0.3) is 0 Å². The summed E-state index contributed by atoms with van der Waals surface area (Å²) in [6.07, 6.45) is 9.89. The van der Waals surface area contributed by atoms with Crippen LogP contribution in [0.2, 0.25) is 0 Å². The molecule has 0 N–H and O–H groups in total. The van der Waals surface area contributed by atoms with Crippen LogP contribution in [0.15, 0.2) is 61.2 Å². The van der Waals surface area contributed by atoms with E-state index < -0.39 is 0 Å². The number of aryl methyl sites for hydroxylation is 1. The van der Waals surface area contributed by atoms with Gasteiger partial charge in [-0.1, -0.05) is 12.1 Å². The van der Waals surface area contributed by atoms with Crippen LogP contribution in [0.5, 0.6) is 6.01 Å². The highest BCUT2D eigenvalue weighted by molar-refractivity contribution is 5.93. The quantitative estimate of drug-likeness (QED) is 0.369. The molecular weight excluding hydrogens is 450 g/mol. The Kier molecular flexibility index (Phi) is 5.62. The highest BCUT2D eigenvalue weighted by Crippen LogP contribution is 2.37. The molecule has 6 rings (SSSR count). The first-order valence-electron chi connectivity index (χ1n) is 12.2. The van der Waals surface area contributed by atoms with Crippen molar-refractivity contribution in [3.05, 3.63) is 66.7 Å². The first kappa shape index (κ1) is 22.3. The van der Waals surface area contributed by atoms with Gasteiger partial charge in [-0.3, -0.25) is 4.40 Å². The number of imidazole rings is 1. The lowest BCUT2D eigenvalue weighted by molar-refractivity contribution is 0.143. The van der Waals surface area contributed by atoms with Crippen LogP contribution in [0.25, 0.3) is 39.1 Å². The molecule has 5 aromatic rings. The number of pyridine rings is 1. The molecule has 4 aromatic heterocycles. The van der Waals surface area contributed by atoms with Gasteiger partial charge in [-0.05, 0) is 50.7 Å². The maximum Gasteiger partial charge on any atom is 0.302 e. The third-order valence-corrected chi connectivity index (χ3v) is 6.97. The summed E-state index contributed by atoms with van der Waals surface area (Å²) in [4.78, 5) is 16.8. The third-order valence-electron chi connectivity index (χ3n) is 6.97. The van der Waals surface area contributed by atoms with E-state index in [0.717, 1.165) is 58.6 Å². The van der Waals surface area contributed by atoms with E-state index in [2.05, 4.69) is 30.1 Å². The predicted octanol–water partition coefficient (Wildman–Crippen LogP) is 4.54. The Morgan fingerprint density at radius 1 is 1.06 bits per heavy atom. The molecule has 1 aromatic carbocycles. The Hall–Kier alpha value is -4.22. The fourth-order valence-corrected chi connectivity index (χ4v) is 5.13. The molecule has 1 aliphatic heterocycles. The van der Waals surface area contributed by atoms with Gasteiger partial charge in [0.15, 0.2) is 5.65 Å². The molecule has 36 heavy (non-hydrogen) atoms. The number of piperidine rings is 1. The van der Waals surface area contributed by atoms with Crippen LogP contribution < -0.4 is 4.74 Å². The number of hydrogen-bond donors (Lipinski definition) is 0. The molecule has 0 saturated carbocycles. The van der Waals surface area contributed by atoms with Gasteiger partial charge in [-0.15, -0.1) is 0 Å². The monoisotopic (exact) mass is 477 g/mol. The van der Waals surface area contributed by atoms with Gasteiger partial charge in [-0.25, -0.2) is 9.97 Å². The van der Waals surface area contributed by atoms with E-state index in [1.165, 1.54) is 6.42 Å². The summed E-state index contributed by atoms with van der Waals surface area (Å²) in [6, 6.07) is 14.4. The van der Waals surface area contributed by atoms with Crippen LogP contribution in [0, 0.1) is 17.2 Å². The molecule has 1 atom stereocenters. The summed E-state index contributed by atoms with van der Waals surface area (Å²) in [7, 11) is 4.15. The molecule has 5 heterocycles. The first-order valence-corrected chi connectivity index (χ1v) is 12.2. The lowest BCUT2D eigenvalue weighted by atomic mass is 9.99. The fourth-order valence-electron chi connectivity index (χ4n) is 5.13. The average molecular weight is 478 g/mol. The number of benzene rings is 1. The van der Waals surface area contributed by atoms with Crippen LogP contribution in [-0.2, 0) is 7.05 Å². The van der Waals surface area contributed by atoms with Gasteiger partial charge >= 0.3 is 6.01 Å². The number of fused-ring (bicyclic) bond motifs is 2. The third kappa shape index (κ3) is 3.97. The summed E-state index contributed by atoms with van der Waals surface area (Å²) < 4.78 is 10.3. The van der Waals surface area contributed by atoms with Gasteiger partial charge < -0.3 is 14.2 Å². The molecular formula is C28H27N7O. The summed E-state index contributed by atoms with van der Waals surface area (Å²) in [5, 5.41) is 10.3. The van der Waals surface area contributed by atoms with Crippen molar-refractivity contribution in [2.75, 3.05) is 26.7 Å². The maximum atomic E-state index is 9.29. The fraction of sp³-hybridized carbons (Fsp3) is 0.286. The van der Waals surface area contributed by atoms with E-state index in [-0.39, 0.29) is 0 Å². The number of ether oxygens (including phenoxy) is 1. The zero-order chi connectivity index (χ0) is 24.6. The topological polar surface area (TPSA) is 84.3 Å². The highest BCUT2D eigenvalue weighted by atomic mass is 16.5. The molecule has 8 heteroatoms. The molecule has 0 unspecified atom stereocenters. The highest BCUT2D eigenvalue weighted by Gasteiger charge is 2.22. The second-order valence-electron chi connectivity index (χ2n) is 9.57. The zero-order valence-electron chi connectivity index (χ0n) is 20.4. The second kappa shape index (κ2) is 9.10. The van der Waals surface area contributed by atoms with Crippen molar-refractivity contribution in [3.63, 3.8) is 0 Å². The van der Waals surface area contributed by atoms with Gasteiger partial charge in [-0.2, -0.15) is 10.2 Å². The number of nitriles is 1. The lowest BCUT2D eigenvalue weighted by Crippen LogP contribution is -2.35. The first-order chi connectivity index (χ1) is 17.6. The molecule has 1 aliphatic rings. The van der Waals surface area contributed by atoms with E-state index in [1.54, 1.807) is 6.20 Å². The van der Waals surface area contributed by atoms with Crippen molar-refractivity contribution >= 4 is 16.7 Å². The van der Waals surface area contributed by atoms with E-state index in [0.29, 0.717) is 24.1 Å². The maximum absolute atomic E-state index is 9.29. The molecule has 0 radical (unpaired) electrons. The molecule has 0 bridgehead atoms. The van der Waals surface area contributed by atoms with Crippen LogP contribution in [0.1, 0.15) is 18.4 Å². The van der Waals surface area contributed by atoms with E-state index >= 15 is 0 Å². The molecule has 180 valence electrons. The Bertz CT molecular complexity index is 1590. The minimum absolute atomic E-state index is 0.465. The molecule has 1 fully saturated rings. The molecule has 0 amide bonds. The number of hydrogen-bond acceptors (Lipinski definition) is 6. The number of likely N-dealkylation sites (tertiary alicyclic amines) is 1. The number of aromatic nitrogens is 5. The zero-order valence-corrected chi connectivity index (χ0v) is 20.4. The molecule has 0 aliphatic carbocycles. The smallest absolute Gasteiger partial charge is 0.302 e. The number of rotatable bonds is 5. The van der Waals surface area contributed by atoms with Crippen molar-refractivity contribution in [2.45, 2.75) is 12.8 Å². The minimum atomic E-state index is 0.465. The molecule has 8 nitrogen and oxygen atoms in total. The Balaban J connectivity index is 1.49. The predicted molar refractivity (Wildman–Crippen MR) is 139 cm³/mol. The van der Waals surface area contributed by atoms with Crippen LogP contribution in [0.3, 0.4) is 0 Å². The molecule has 0 spiro atoms. The second-order valence-corrected chi connectivity index (χ2v) is 9.57. The van der Waals surface area contributed by atoms with Crippen molar-refractivity contribution in [2.24, 2.45) is 13.0 Å². The lowest BCUT2D eigenvalue weighted by Gasteiger charge is -2.29. The van der Waals surface area contributed by atoms with Gasteiger partial charge in [0.2, 0.25) is 0 Å². The molecule has 1 saturated heterocycles. The van der Waals surface area contributed by atoms with Crippen molar-refractivity contribution in [1.29, 1.82) is 5.26 Å². The van der Waals surface area contributed by atoms with Gasteiger partial charge in [0.05, 0.1) is 29.5 Å². The van der Waals surface area contributed by atoms with E-state index in [1.807, 2.05) is 58.9 Å². The standard InChI is InChI=1S/C28H27N7O/c1-33-11-3-4-20(17-33)18-36-28-32-25(21-7-5-19(15-29)6-8-21)24(27-30-10-13-35(27)28)23-14-22-9-12-34(2)26(22)31-16-23/h5-10,12-14,16,20H,3-4,11,17-18H2,1-2H3/t20-/m1/s1. The number of nitrogens with zero attached hydrogens (tertiary/aromatic N) is 7. The van der Waals surface area contributed by atoms with Crippen molar-refractivity contribution in [1.82, 2.24) is 28.8 Å².